The van der Waals surface area contributed by atoms with E-state index in [4.69, 9.17) is 0 Å². The quantitative estimate of drug-likeness (QED) is 0.830. The summed E-state index contributed by atoms with van der Waals surface area (Å²) in [5, 5.41) is 3.63. The molecule has 0 aromatic heterocycles. The SMILES string of the molecule is CCN(CCc1ccccc1)C[C@H]1NCC[C@H]1C. The molecule has 2 atom stereocenters. The highest BCUT2D eigenvalue weighted by Crippen LogP contribution is 2.15. The van der Waals surface area contributed by atoms with Crippen molar-refractivity contribution in [3.05, 3.63) is 35.9 Å². The predicted octanol–water partition coefficient (Wildman–Crippen LogP) is 2.55. The normalized spacial score (nSPS) is 23.7. The molecule has 2 heteroatoms. The van der Waals surface area contributed by atoms with Crippen LogP contribution in [0.4, 0.5) is 0 Å². The number of rotatable bonds is 6. The number of benzene rings is 1. The third-order valence-corrected chi connectivity index (χ3v) is 4.15. The molecule has 0 amide bonds. The first-order valence-electron chi connectivity index (χ1n) is 7.29. The molecular formula is C16H26N2. The van der Waals surface area contributed by atoms with Gasteiger partial charge in [-0.25, -0.2) is 0 Å². The van der Waals surface area contributed by atoms with E-state index in [1.165, 1.54) is 31.6 Å². The van der Waals surface area contributed by atoms with Gasteiger partial charge in [0.05, 0.1) is 0 Å². The number of likely N-dealkylation sites (N-methyl/N-ethyl adjacent to an activating group) is 1. The highest BCUT2D eigenvalue weighted by atomic mass is 15.1. The van der Waals surface area contributed by atoms with Crippen LogP contribution in [0.2, 0.25) is 0 Å². The second kappa shape index (κ2) is 6.91. The van der Waals surface area contributed by atoms with Crippen molar-refractivity contribution in [3.63, 3.8) is 0 Å². The maximum atomic E-state index is 3.63. The highest BCUT2D eigenvalue weighted by Gasteiger charge is 2.24. The zero-order valence-corrected chi connectivity index (χ0v) is 11.7. The number of nitrogens with zero attached hydrogens (tertiary/aromatic N) is 1. The molecule has 1 heterocycles. The Morgan fingerprint density at radius 2 is 2.06 bits per heavy atom. The predicted molar refractivity (Wildman–Crippen MR) is 77.8 cm³/mol. The summed E-state index contributed by atoms with van der Waals surface area (Å²) < 4.78 is 0. The largest absolute Gasteiger partial charge is 0.312 e. The maximum absolute atomic E-state index is 3.63. The van der Waals surface area contributed by atoms with Gasteiger partial charge in [-0.1, -0.05) is 44.2 Å². The lowest BCUT2D eigenvalue weighted by molar-refractivity contribution is 0.246. The Bertz CT molecular complexity index is 336. The van der Waals surface area contributed by atoms with Crippen molar-refractivity contribution in [1.82, 2.24) is 10.2 Å². The molecule has 0 saturated carbocycles. The van der Waals surface area contributed by atoms with E-state index in [0.717, 1.165) is 18.9 Å². The molecule has 100 valence electrons. The van der Waals surface area contributed by atoms with E-state index in [0.29, 0.717) is 6.04 Å². The first-order chi connectivity index (χ1) is 8.79. The van der Waals surface area contributed by atoms with Gasteiger partial charge < -0.3 is 10.2 Å². The molecule has 18 heavy (non-hydrogen) atoms. The van der Waals surface area contributed by atoms with Gasteiger partial charge in [0, 0.05) is 19.1 Å². The molecule has 0 spiro atoms. The van der Waals surface area contributed by atoms with Crippen molar-refractivity contribution in [1.29, 1.82) is 0 Å². The van der Waals surface area contributed by atoms with Crippen LogP contribution in [0, 0.1) is 5.92 Å². The summed E-state index contributed by atoms with van der Waals surface area (Å²) in [6, 6.07) is 11.5. The molecule has 2 nitrogen and oxygen atoms in total. The minimum Gasteiger partial charge on any atom is -0.312 e. The van der Waals surface area contributed by atoms with Crippen LogP contribution in [0.25, 0.3) is 0 Å². The molecule has 1 aromatic carbocycles. The molecular weight excluding hydrogens is 220 g/mol. The molecule has 0 radical (unpaired) electrons. The third-order valence-electron chi connectivity index (χ3n) is 4.15. The minimum atomic E-state index is 0.695. The Kier molecular flexibility index (Phi) is 5.21. The van der Waals surface area contributed by atoms with Crippen molar-refractivity contribution < 1.29 is 0 Å². The van der Waals surface area contributed by atoms with Gasteiger partial charge >= 0.3 is 0 Å². The Hall–Kier alpha value is -0.860. The molecule has 0 aliphatic carbocycles. The van der Waals surface area contributed by atoms with Crippen molar-refractivity contribution >= 4 is 0 Å². The fraction of sp³-hybridized carbons (Fsp3) is 0.625. The summed E-state index contributed by atoms with van der Waals surface area (Å²) >= 11 is 0. The molecule has 1 aromatic rings. The van der Waals surface area contributed by atoms with Gasteiger partial charge in [0.25, 0.3) is 0 Å². The molecule has 1 aliphatic rings. The standard InChI is InChI=1S/C16H26N2/c1-3-18(13-16-14(2)9-11-17-16)12-10-15-7-5-4-6-8-15/h4-8,14,16-17H,3,9-13H2,1-2H3/t14-,16-/m1/s1. The lowest BCUT2D eigenvalue weighted by Crippen LogP contribution is -2.40. The second-order valence-electron chi connectivity index (χ2n) is 5.46. The molecule has 1 fully saturated rings. The molecule has 0 bridgehead atoms. The number of hydrogen-bond donors (Lipinski definition) is 1. The third kappa shape index (κ3) is 3.82. The Morgan fingerprint density at radius 3 is 2.67 bits per heavy atom. The van der Waals surface area contributed by atoms with Gasteiger partial charge in [-0.3, -0.25) is 0 Å². The molecule has 1 aliphatic heterocycles. The second-order valence-corrected chi connectivity index (χ2v) is 5.46. The van der Waals surface area contributed by atoms with E-state index in [2.05, 4.69) is 54.4 Å². The van der Waals surface area contributed by atoms with Crippen molar-refractivity contribution in [2.45, 2.75) is 32.7 Å². The zero-order valence-electron chi connectivity index (χ0n) is 11.7. The lowest BCUT2D eigenvalue weighted by Gasteiger charge is -2.26. The Balaban J connectivity index is 1.78. The Morgan fingerprint density at radius 1 is 1.28 bits per heavy atom. The topological polar surface area (TPSA) is 15.3 Å². The van der Waals surface area contributed by atoms with Gasteiger partial charge in [0.1, 0.15) is 0 Å². The van der Waals surface area contributed by atoms with Crippen LogP contribution < -0.4 is 5.32 Å². The van der Waals surface area contributed by atoms with E-state index in [1.807, 2.05) is 0 Å². The monoisotopic (exact) mass is 246 g/mol. The van der Waals surface area contributed by atoms with Crippen molar-refractivity contribution in [2.24, 2.45) is 5.92 Å². The number of nitrogens with one attached hydrogen (secondary N) is 1. The van der Waals surface area contributed by atoms with Gasteiger partial charge in [0.2, 0.25) is 0 Å². The van der Waals surface area contributed by atoms with E-state index >= 15 is 0 Å². The van der Waals surface area contributed by atoms with Crippen molar-refractivity contribution in [3.8, 4) is 0 Å². The average Bonchev–Trinajstić information content (AvgIpc) is 2.81. The maximum Gasteiger partial charge on any atom is 0.0221 e. The van der Waals surface area contributed by atoms with Crippen LogP contribution in [0.1, 0.15) is 25.8 Å². The average molecular weight is 246 g/mol. The fourth-order valence-electron chi connectivity index (χ4n) is 2.73. The highest BCUT2D eigenvalue weighted by molar-refractivity contribution is 5.14. The van der Waals surface area contributed by atoms with Crippen LogP contribution in [-0.4, -0.2) is 37.1 Å². The molecule has 1 saturated heterocycles. The summed E-state index contributed by atoms with van der Waals surface area (Å²) in [5.74, 6) is 0.829. The summed E-state index contributed by atoms with van der Waals surface area (Å²) in [6.07, 6.45) is 2.50. The van der Waals surface area contributed by atoms with Gasteiger partial charge in [-0.15, -0.1) is 0 Å². The lowest BCUT2D eigenvalue weighted by atomic mass is 10.0. The zero-order chi connectivity index (χ0) is 12.8. The first kappa shape index (κ1) is 13.6. The van der Waals surface area contributed by atoms with E-state index in [-0.39, 0.29) is 0 Å². The molecule has 1 N–H and O–H groups in total. The smallest absolute Gasteiger partial charge is 0.0221 e. The summed E-state index contributed by atoms with van der Waals surface area (Å²) in [4.78, 5) is 2.58. The van der Waals surface area contributed by atoms with E-state index in [1.54, 1.807) is 0 Å². The van der Waals surface area contributed by atoms with E-state index in [9.17, 15) is 0 Å². The van der Waals surface area contributed by atoms with Gasteiger partial charge in [-0.05, 0) is 37.4 Å². The molecule has 2 rings (SSSR count). The molecule has 0 unspecified atom stereocenters. The summed E-state index contributed by atoms with van der Waals surface area (Å²) in [7, 11) is 0. The van der Waals surface area contributed by atoms with Crippen LogP contribution in [-0.2, 0) is 6.42 Å². The summed E-state index contributed by atoms with van der Waals surface area (Å²) in [5.41, 5.74) is 1.45. The van der Waals surface area contributed by atoms with Crippen molar-refractivity contribution in [2.75, 3.05) is 26.2 Å². The van der Waals surface area contributed by atoms with Gasteiger partial charge in [0.15, 0.2) is 0 Å². The minimum absolute atomic E-state index is 0.695. The van der Waals surface area contributed by atoms with Crippen LogP contribution in [0.15, 0.2) is 30.3 Å². The first-order valence-corrected chi connectivity index (χ1v) is 7.29. The fourth-order valence-corrected chi connectivity index (χ4v) is 2.73. The Labute approximate surface area is 111 Å². The number of hydrogen-bond acceptors (Lipinski definition) is 2. The van der Waals surface area contributed by atoms with Crippen LogP contribution in [0.3, 0.4) is 0 Å². The van der Waals surface area contributed by atoms with Crippen LogP contribution >= 0.6 is 0 Å². The summed E-state index contributed by atoms with van der Waals surface area (Å²) in [6.45, 7) is 9.36. The van der Waals surface area contributed by atoms with E-state index < -0.39 is 0 Å². The van der Waals surface area contributed by atoms with Crippen LogP contribution in [0.5, 0.6) is 0 Å². The van der Waals surface area contributed by atoms with Gasteiger partial charge in [-0.2, -0.15) is 0 Å².